The third-order valence-electron chi connectivity index (χ3n) is 2.54. The molecule has 0 N–H and O–H groups in total. The number of cyclic esters (lactones) is 1. The van der Waals surface area contributed by atoms with Crippen molar-refractivity contribution < 1.29 is 31.5 Å². The fourth-order valence-corrected chi connectivity index (χ4v) is 1.78. The van der Waals surface area contributed by atoms with E-state index in [1.165, 1.54) is 12.1 Å². The second-order valence-electron chi connectivity index (χ2n) is 3.98. The summed E-state index contributed by atoms with van der Waals surface area (Å²) < 4.78 is 66.8. The fourth-order valence-electron chi connectivity index (χ4n) is 1.48. The van der Waals surface area contributed by atoms with Crippen LogP contribution in [-0.4, -0.2) is 30.0 Å². The van der Waals surface area contributed by atoms with Gasteiger partial charge in [0, 0.05) is 5.56 Å². The van der Waals surface area contributed by atoms with Crippen LogP contribution in [-0.2, 0) is 9.53 Å². The molecular weight excluding hydrogens is 344 g/mol. The molecule has 21 heavy (non-hydrogen) atoms. The minimum Gasteiger partial charge on any atom is -0.428 e. The SMILES string of the molecule is O=C1OC(C(F)(F)C(F)(F)F)N=C1c1ccc(Cl)c(Cl)c1. The Labute approximate surface area is 124 Å². The maximum absolute atomic E-state index is 13.1. The standard InChI is InChI=1S/C11H4Cl2F5NO2/c12-5-2-1-4(3-6(5)13)7-8(20)21-9(19-7)10(14,15)11(16,17)18/h1-3,9H. The summed E-state index contributed by atoms with van der Waals surface area (Å²) in [6.45, 7) is 0. The van der Waals surface area contributed by atoms with Crippen LogP contribution in [0.2, 0.25) is 10.0 Å². The normalized spacial score (nSPS) is 19.5. The Kier molecular flexibility index (Phi) is 3.88. The number of benzene rings is 1. The van der Waals surface area contributed by atoms with E-state index in [1.54, 1.807) is 0 Å². The molecule has 0 aliphatic carbocycles. The Morgan fingerprint density at radius 2 is 1.71 bits per heavy atom. The summed E-state index contributed by atoms with van der Waals surface area (Å²) in [4.78, 5) is 14.4. The highest BCUT2D eigenvalue weighted by atomic mass is 35.5. The molecule has 1 heterocycles. The average molecular weight is 348 g/mol. The first-order valence-electron chi connectivity index (χ1n) is 5.23. The summed E-state index contributed by atoms with van der Waals surface area (Å²) >= 11 is 11.3. The van der Waals surface area contributed by atoms with Crippen LogP contribution in [0.3, 0.4) is 0 Å². The van der Waals surface area contributed by atoms with Gasteiger partial charge in [-0.3, -0.25) is 0 Å². The number of carbonyl (C=O) groups excluding carboxylic acids is 1. The Morgan fingerprint density at radius 3 is 2.24 bits per heavy atom. The zero-order valence-corrected chi connectivity index (χ0v) is 11.2. The van der Waals surface area contributed by atoms with Gasteiger partial charge in [0.2, 0.25) is 0 Å². The van der Waals surface area contributed by atoms with E-state index >= 15 is 0 Å². The molecule has 0 aromatic heterocycles. The molecule has 1 unspecified atom stereocenters. The highest BCUT2D eigenvalue weighted by Gasteiger charge is 2.66. The lowest BCUT2D eigenvalue weighted by Crippen LogP contribution is -2.46. The van der Waals surface area contributed by atoms with Crippen LogP contribution < -0.4 is 0 Å². The Morgan fingerprint density at radius 1 is 1.10 bits per heavy atom. The molecule has 1 aromatic carbocycles. The first-order valence-corrected chi connectivity index (χ1v) is 5.98. The molecule has 0 amide bonds. The molecule has 2 rings (SSSR count). The van der Waals surface area contributed by atoms with Gasteiger partial charge in [-0.25, -0.2) is 9.79 Å². The number of hydrogen-bond donors (Lipinski definition) is 0. The first kappa shape index (κ1) is 16.0. The maximum Gasteiger partial charge on any atom is 0.459 e. The smallest absolute Gasteiger partial charge is 0.428 e. The van der Waals surface area contributed by atoms with Crippen molar-refractivity contribution in [3.8, 4) is 0 Å². The van der Waals surface area contributed by atoms with Crippen molar-refractivity contribution in [1.82, 2.24) is 0 Å². The zero-order chi connectivity index (χ0) is 16.0. The Hall–Kier alpha value is -1.41. The number of alkyl halides is 5. The molecule has 0 spiro atoms. The van der Waals surface area contributed by atoms with Crippen LogP contribution in [0.25, 0.3) is 0 Å². The number of esters is 1. The molecule has 1 aliphatic heterocycles. The topological polar surface area (TPSA) is 38.7 Å². The Bertz CT molecular complexity index is 630. The summed E-state index contributed by atoms with van der Waals surface area (Å²) in [7, 11) is 0. The lowest BCUT2D eigenvalue weighted by atomic mass is 10.1. The van der Waals surface area contributed by atoms with Crippen molar-refractivity contribution in [2.45, 2.75) is 18.3 Å². The quantitative estimate of drug-likeness (QED) is 0.601. The van der Waals surface area contributed by atoms with Crippen LogP contribution in [0.4, 0.5) is 22.0 Å². The molecule has 0 fully saturated rings. The van der Waals surface area contributed by atoms with E-state index in [4.69, 9.17) is 23.2 Å². The van der Waals surface area contributed by atoms with Gasteiger partial charge in [0.25, 0.3) is 6.23 Å². The summed E-state index contributed by atoms with van der Waals surface area (Å²) in [6.07, 6.45) is -8.86. The van der Waals surface area contributed by atoms with Gasteiger partial charge in [0.05, 0.1) is 10.0 Å². The van der Waals surface area contributed by atoms with E-state index in [-0.39, 0.29) is 15.6 Å². The number of halogens is 7. The van der Waals surface area contributed by atoms with Gasteiger partial charge in [-0.2, -0.15) is 22.0 Å². The molecule has 1 atom stereocenters. The highest BCUT2D eigenvalue weighted by Crippen LogP contribution is 2.41. The predicted octanol–water partition coefficient (Wildman–Crippen LogP) is 3.86. The van der Waals surface area contributed by atoms with Crippen LogP contribution in [0.5, 0.6) is 0 Å². The van der Waals surface area contributed by atoms with E-state index in [0.717, 1.165) is 6.07 Å². The first-order chi connectivity index (χ1) is 9.54. The third kappa shape index (κ3) is 2.82. The minimum absolute atomic E-state index is 0.0179. The monoisotopic (exact) mass is 347 g/mol. The van der Waals surface area contributed by atoms with Crippen LogP contribution >= 0.6 is 23.2 Å². The number of carbonyl (C=O) groups is 1. The molecule has 114 valence electrons. The van der Waals surface area contributed by atoms with Crippen molar-refractivity contribution in [3.63, 3.8) is 0 Å². The van der Waals surface area contributed by atoms with Crippen LogP contribution in [0.1, 0.15) is 5.56 Å². The second-order valence-corrected chi connectivity index (χ2v) is 4.80. The van der Waals surface area contributed by atoms with Crippen molar-refractivity contribution in [2.24, 2.45) is 4.99 Å². The van der Waals surface area contributed by atoms with Crippen LogP contribution in [0.15, 0.2) is 23.2 Å². The third-order valence-corrected chi connectivity index (χ3v) is 3.28. The number of nitrogens with zero attached hydrogens (tertiary/aromatic N) is 1. The van der Waals surface area contributed by atoms with Gasteiger partial charge in [-0.05, 0) is 12.1 Å². The number of hydrogen-bond acceptors (Lipinski definition) is 3. The molecule has 10 heteroatoms. The van der Waals surface area contributed by atoms with Crippen molar-refractivity contribution in [3.05, 3.63) is 33.8 Å². The number of rotatable bonds is 2. The van der Waals surface area contributed by atoms with Crippen LogP contribution in [0, 0.1) is 0 Å². The van der Waals surface area contributed by atoms with Crippen molar-refractivity contribution in [1.29, 1.82) is 0 Å². The zero-order valence-electron chi connectivity index (χ0n) is 9.72. The molecule has 0 saturated carbocycles. The Balaban J connectivity index is 2.39. The molecule has 0 bridgehead atoms. The molecular formula is C11H4Cl2F5NO2. The predicted molar refractivity (Wildman–Crippen MR) is 63.9 cm³/mol. The molecule has 0 saturated heterocycles. The number of aliphatic imine (C=N–C) groups is 1. The lowest BCUT2D eigenvalue weighted by Gasteiger charge is -2.22. The molecule has 1 aromatic rings. The van der Waals surface area contributed by atoms with Crippen molar-refractivity contribution >= 4 is 34.9 Å². The van der Waals surface area contributed by atoms with Gasteiger partial charge in [0.1, 0.15) is 0 Å². The van der Waals surface area contributed by atoms with Gasteiger partial charge in [-0.1, -0.05) is 29.3 Å². The second kappa shape index (κ2) is 5.10. The van der Waals surface area contributed by atoms with Gasteiger partial charge in [-0.15, -0.1) is 0 Å². The number of ether oxygens (including phenoxy) is 1. The van der Waals surface area contributed by atoms with Crippen molar-refractivity contribution in [2.75, 3.05) is 0 Å². The lowest BCUT2D eigenvalue weighted by molar-refractivity contribution is -0.310. The molecule has 3 nitrogen and oxygen atoms in total. The molecule has 1 aliphatic rings. The average Bonchev–Trinajstić information content (AvgIpc) is 2.74. The summed E-state index contributed by atoms with van der Waals surface area (Å²) in [6, 6.07) is 3.55. The van der Waals surface area contributed by atoms with Gasteiger partial charge in [0.15, 0.2) is 5.71 Å². The maximum atomic E-state index is 13.1. The van der Waals surface area contributed by atoms with Gasteiger partial charge >= 0.3 is 18.1 Å². The van der Waals surface area contributed by atoms with E-state index in [2.05, 4.69) is 9.73 Å². The van der Waals surface area contributed by atoms with Gasteiger partial charge < -0.3 is 4.74 Å². The summed E-state index contributed by atoms with van der Waals surface area (Å²) in [5.74, 6) is -6.69. The largest absolute Gasteiger partial charge is 0.459 e. The highest BCUT2D eigenvalue weighted by molar-refractivity contribution is 6.46. The van der Waals surface area contributed by atoms with E-state index < -0.39 is 30.0 Å². The molecule has 0 radical (unpaired) electrons. The van der Waals surface area contributed by atoms with E-state index in [9.17, 15) is 26.7 Å². The van der Waals surface area contributed by atoms with E-state index in [1.807, 2.05) is 0 Å². The summed E-state index contributed by atoms with van der Waals surface area (Å²) in [5, 5.41) is 0.0975. The fraction of sp³-hybridized carbons (Fsp3) is 0.273. The minimum atomic E-state index is -5.89. The summed E-state index contributed by atoms with van der Waals surface area (Å²) in [5.41, 5.74) is -0.752. The van der Waals surface area contributed by atoms with E-state index in [0.29, 0.717) is 0 Å².